The van der Waals surface area contributed by atoms with E-state index in [1.54, 1.807) is 11.1 Å². The molecular weight excluding hydrogens is 216 g/mol. The van der Waals surface area contributed by atoms with E-state index in [0.717, 1.165) is 23.7 Å². The van der Waals surface area contributed by atoms with Crippen molar-refractivity contribution in [1.29, 1.82) is 0 Å². The quantitative estimate of drug-likeness (QED) is 0.538. The van der Waals surface area contributed by atoms with E-state index < -0.39 is 0 Å². The molecule has 3 rings (SSSR count). The largest absolute Gasteiger partial charge is 0.0625 e. The van der Waals surface area contributed by atoms with Crippen LogP contribution in [0.3, 0.4) is 0 Å². The third-order valence-electron chi connectivity index (χ3n) is 5.79. The number of hydrogen-bond donors (Lipinski definition) is 0. The highest BCUT2D eigenvalue weighted by atomic mass is 14.5. The van der Waals surface area contributed by atoms with Gasteiger partial charge < -0.3 is 0 Å². The van der Waals surface area contributed by atoms with Gasteiger partial charge in [-0.25, -0.2) is 0 Å². The summed E-state index contributed by atoms with van der Waals surface area (Å²) in [7, 11) is 0. The average Bonchev–Trinajstić information content (AvgIpc) is 2.80. The molecule has 3 aliphatic rings. The summed E-state index contributed by atoms with van der Waals surface area (Å²) in [6.07, 6.45) is 8.25. The molecule has 3 aliphatic carbocycles. The Labute approximate surface area is 113 Å². The van der Waals surface area contributed by atoms with Crippen molar-refractivity contribution in [3.63, 3.8) is 0 Å². The van der Waals surface area contributed by atoms with Gasteiger partial charge in [-0.15, -0.1) is 0 Å². The van der Waals surface area contributed by atoms with Crippen molar-refractivity contribution in [2.24, 2.45) is 29.1 Å². The van der Waals surface area contributed by atoms with Crippen LogP contribution in [0.25, 0.3) is 0 Å². The van der Waals surface area contributed by atoms with Crippen molar-refractivity contribution in [2.45, 2.75) is 60.3 Å². The fraction of sp³-hybridized carbons (Fsp3) is 0.778. The minimum Gasteiger partial charge on any atom is -0.0625 e. The molecule has 0 amide bonds. The number of hydrogen-bond acceptors (Lipinski definition) is 0. The molecule has 0 saturated heterocycles. The van der Waals surface area contributed by atoms with Crippen LogP contribution in [-0.4, -0.2) is 0 Å². The molecule has 18 heavy (non-hydrogen) atoms. The Morgan fingerprint density at radius 3 is 2.50 bits per heavy atom. The molecule has 0 bridgehead atoms. The Kier molecular flexibility index (Phi) is 2.77. The van der Waals surface area contributed by atoms with Gasteiger partial charge in [-0.2, -0.15) is 0 Å². The second kappa shape index (κ2) is 3.99. The van der Waals surface area contributed by atoms with Crippen molar-refractivity contribution in [2.75, 3.05) is 0 Å². The molecule has 0 aromatic heterocycles. The summed E-state index contributed by atoms with van der Waals surface area (Å²) in [6.45, 7) is 12.0. The van der Waals surface area contributed by atoms with Gasteiger partial charge in [0.15, 0.2) is 0 Å². The topological polar surface area (TPSA) is 0 Å². The van der Waals surface area contributed by atoms with E-state index >= 15 is 0 Å². The SMILES string of the molecule is CC1CCC2C(C)C3=C(CC(C(C)(C)C)=C3)C2C1. The average molecular weight is 244 g/mol. The standard InChI is InChI=1S/C18H28/c1-11-6-7-14-12(2)15-9-13(18(3,4)5)10-17(15)16(14)8-11/h9,11-12,14,16H,6-8,10H2,1-5H3. The van der Waals surface area contributed by atoms with Crippen molar-refractivity contribution >= 4 is 0 Å². The molecular formula is C18H28. The van der Waals surface area contributed by atoms with Gasteiger partial charge >= 0.3 is 0 Å². The third-order valence-corrected chi connectivity index (χ3v) is 5.79. The lowest BCUT2D eigenvalue weighted by Gasteiger charge is -2.35. The summed E-state index contributed by atoms with van der Waals surface area (Å²) in [5, 5.41) is 0. The Hall–Kier alpha value is -0.520. The summed E-state index contributed by atoms with van der Waals surface area (Å²) in [5.41, 5.74) is 5.61. The third kappa shape index (κ3) is 1.80. The summed E-state index contributed by atoms with van der Waals surface area (Å²) >= 11 is 0. The summed E-state index contributed by atoms with van der Waals surface area (Å²) in [4.78, 5) is 0. The molecule has 100 valence electrons. The summed E-state index contributed by atoms with van der Waals surface area (Å²) < 4.78 is 0. The van der Waals surface area contributed by atoms with E-state index in [9.17, 15) is 0 Å². The van der Waals surface area contributed by atoms with Crippen molar-refractivity contribution in [3.8, 4) is 0 Å². The fourth-order valence-corrected chi connectivity index (χ4v) is 4.52. The van der Waals surface area contributed by atoms with Crippen LogP contribution in [0.2, 0.25) is 0 Å². The van der Waals surface area contributed by atoms with Gasteiger partial charge in [-0.05, 0) is 53.9 Å². The lowest BCUT2D eigenvalue weighted by atomic mass is 9.70. The first-order chi connectivity index (χ1) is 8.38. The summed E-state index contributed by atoms with van der Waals surface area (Å²) in [5.74, 6) is 3.68. The van der Waals surface area contributed by atoms with E-state index in [2.05, 4.69) is 40.7 Å². The first-order valence-corrected chi connectivity index (χ1v) is 7.82. The molecule has 0 nitrogen and oxygen atoms in total. The highest BCUT2D eigenvalue weighted by molar-refractivity contribution is 5.47. The Bertz CT molecular complexity index is 416. The smallest absolute Gasteiger partial charge is 0.00911 e. The Morgan fingerprint density at radius 1 is 1.11 bits per heavy atom. The zero-order valence-corrected chi connectivity index (χ0v) is 12.7. The number of allylic oxidation sites excluding steroid dienone is 4. The van der Waals surface area contributed by atoms with Crippen LogP contribution in [0.1, 0.15) is 60.3 Å². The maximum atomic E-state index is 2.57. The van der Waals surface area contributed by atoms with Gasteiger partial charge in [0.25, 0.3) is 0 Å². The van der Waals surface area contributed by atoms with Crippen LogP contribution < -0.4 is 0 Å². The van der Waals surface area contributed by atoms with Crippen LogP contribution in [0.15, 0.2) is 22.8 Å². The summed E-state index contributed by atoms with van der Waals surface area (Å²) in [6, 6.07) is 0. The van der Waals surface area contributed by atoms with Gasteiger partial charge in [-0.1, -0.05) is 58.3 Å². The highest BCUT2D eigenvalue weighted by Crippen LogP contribution is 2.56. The molecule has 0 heterocycles. The molecule has 0 aromatic carbocycles. The normalized spacial score (nSPS) is 39.7. The Morgan fingerprint density at radius 2 is 1.83 bits per heavy atom. The molecule has 0 N–H and O–H groups in total. The van der Waals surface area contributed by atoms with Gasteiger partial charge in [0.05, 0.1) is 0 Å². The monoisotopic (exact) mass is 244 g/mol. The first-order valence-electron chi connectivity index (χ1n) is 7.82. The van der Waals surface area contributed by atoms with Crippen LogP contribution in [0.5, 0.6) is 0 Å². The zero-order chi connectivity index (χ0) is 13.1. The molecule has 0 radical (unpaired) electrons. The minimum atomic E-state index is 0.361. The molecule has 4 unspecified atom stereocenters. The number of rotatable bonds is 0. The maximum Gasteiger partial charge on any atom is -0.00911 e. The van der Waals surface area contributed by atoms with Gasteiger partial charge in [0, 0.05) is 0 Å². The van der Waals surface area contributed by atoms with E-state index in [1.807, 2.05) is 5.57 Å². The molecule has 0 aromatic rings. The highest BCUT2D eigenvalue weighted by Gasteiger charge is 2.44. The zero-order valence-electron chi connectivity index (χ0n) is 12.7. The second-order valence-corrected chi connectivity index (χ2v) is 8.05. The molecule has 1 saturated carbocycles. The molecule has 0 spiro atoms. The first kappa shape index (κ1) is 12.5. The van der Waals surface area contributed by atoms with Crippen LogP contribution in [0, 0.1) is 29.1 Å². The van der Waals surface area contributed by atoms with Crippen LogP contribution in [-0.2, 0) is 0 Å². The predicted molar refractivity (Wildman–Crippen MR) is 78.3 cm³/mol. The van der Waals surface area contributed by atoms with E-state index in [0.29, 0.717) is 5.41 Å². The lowest BCUT2D eigenvalue weighted by Crippen LogP contribution is -2.25. The van der Waals surface area contributed by atoms with E-state index in [1.165, 1.54) is 25.7 Å². The number of fused-ring (bicyclic) bond motifs is 2. The van der Waals surface area contributed by atoms with Crippen molar-refractivity contribution in [3.05, 3.63) is 22.8 Å². The van der Waals surface area contributed by atoms with E-state index in [4.69, 9.17) is 0 Å². The second-order valence-electron chi connectivity index (χ2n) is 8.05. The fourth-order valence-electron chi connectivity index (χ4n) is 4.52. The van der Waals surface area contributed by atoms with Crippen molar-refractivity contribution in [1.82, 2.24) is 0 Å². The lowest BCUT2D eigenvalue weighted by molar-refractivity contribution is 0.198. The minimum absolute atomic E-state index is 0.361. The van der Waals surface area contributed by atoms with Crippen LogP contribution in [0.4, 0.5) is 0 Å². The van der Waals surface area contributed by atoms with Gasteiger partial charge in [0.1, 0.15) is 0 Å². The molecule has 4 atom stereocenters. The predicted octanol–water partition coefficient (Wildman–Crippen LogP) is 5.36. The van der Waals surface area contributed by atoms with Crippen molar-refractivity contribution < 1.29 is 0 Å². The van der Waals surface area contributed by atoms with E-state index in [-0.39, 0.29) is 0 Å². The van der Waals surface area contributed by atoms with Crippen LogP contribution >= 0.6 is 0 Å². The Balaban J connectivity index is 1.88. The molecule has 1 fully saturated rings. The molecule has 0 heteroatoms. The van der Waals surface area contributed by atoms with Gasteiger partial charge in [0.2, 0.25) is 0 Å². The molecule has 0 aliphatic heterocycles. The van der Waals surface area contributed by atoms with Gasteiger partial charge in [-0.3, -0.25) is 0 Å². The maximum absolute atomic E-state index is 2.57.